The highest BCUT2D eigenvalue weighted by molar-refractivity contribution is 6.00. The zero-order valence-electron chi connectivity index (χ0n) is 28.3. The molecule has 254 valence electrons. The van der Waals surface area contributed by atoms with Gasteiger partial charge in [0.25, 0.3) is 11.5 Å². The summed E-state index contributed by atoms with van der Waals surface area (Å²) in [4.78, 5) is 48.7. The molecule has 2 aromatic carbocycles. The smallest absolute Gasteiger partial charge is 0.259 e. The molecule has 4 aliphatic heterocycles. The van der Waals surface area contributed by atoms with Crippen LogP contribution in [0.15, 0.2) is 59.8 Å². The number of nitrogens with one attached hydrogen (secondary N) is 1. The van der Waals surface area contributed by atoms with Crippen molar-refractivity contribution in [1.82, 2.24) is 24.7 Å². The van der Waals surface area contributed by atoms with Crippen LogP contribution in [0.25, 0.3) is 21.9 Å². The number of nitrogens with zero attached hydrogens (tertiary/aromatic N) is 5. The van der Waals surface area contributed by atoms with Crippen LogP contribution >= 0.6 is 0 Å². The van der Waals surface area contributed by atoms with Crippen molar-refractivity contribution >= 4 is 28.3 Å². The standard InChI is InChI=1S/C38H42N6O5/c1-41-20-31(28-8-11-39-18-30(28)36(41)46)25-14-33(48-2)32(34(15-25)49-3)21-42-12-9-38(10-13-42)22-43(23-38)26-5-4-24-19-44(37(47)29(24)16-26)27-6-7-35(45)40-17-27/h4-5,8,11,14-16,18,20,27H,6-7,9-10,12-13,17,19,21-23H2,1-3H3,(H,40,45). The molecule has 1 spiro atoms. The molecule has 3 fully saturated rings. The van der Waals surface area contributed by atoms with Gasteiger partial charge in [-0.2, -0.15) is 0 Å². The molecule has 11 heteroatoms. The lowest BCUT2D eigenvalue weighted by Crippen LogP contribution is -2.60. The number of carbonyl (C=O) groups excluding carboxylic acids is 2. The number of aryl methyl sites for hydroxylation is 1. The third-order valence-electron chi connectivity index (χ3n) is 11.2. The molecular formula is C38H42N6O5. The molecule has 0 saturated carbocycles. The van der Waals surface area contributed by atoms with Crippen LogP contribution in [0.4, 0.5) is 5.69 Å². The van der Waals surface area contributed by atoms with E-state index >= 15 is 0 Å². The molecule has 49 heavy (non-hydrogen) atoms. The van der Waals surface area contributed by atoms with Gasteiger partial charge in [-0.05, 0) is 79.2 Å². The topological polar surface area (TPSA) is 109 Å². The fourth-order valence-corrected chi connectivity index (χ4v) is 8.30. The van der Waals surface area contributed by atoms with Crippen LogP contribution in [0.1, 0.15) is 47.2 Å². The zero-order chi connectivity index (χ0) is 33.9. The normalized spacial score (nSPS) is 20.3. The SMILES string of the molecule is COc1cc(-c2cn(C)c(=O)c3cnccc23)cc(OC)c1CN1CCC2(CC1)CN(c1ccc3c(c1)C(=O)N(C1CCC(=O)NC1)C3)C2. The summed E-state index contributed by atoms with van der Waals surface area (Å²) < 4.78 is 13.5. The number of piperidine rings is 2. The van der Waals surface area contributed by atoms with Crippen LogP contribution in [-0.4, -0.2) is 84.2 Å². The Bertz CT molecular complexity index is 1990. The van der Waals surface area contributed by atoms with Crippen molar-refractivity contribution in [2.45, 2.75) is 44.8 Å². The summed E-state index contributed by atoms with van der Waals surface area (Å²) in [6.45, 7) is 5.83. The minimum atomic E-state index is -0.0816. The third kappa shape index (κ3) is 5.50. The van der Waals surface area contributed by atoms with Crippen molar-refractivity contribution in [3.8, 4) is 22.6 Å². The van der Waals surface area contributed by atoms with Crippen molar-refractivity contribution in [1.29, 1.82) is 0 Å². The molecule has 3 saturated heterocycles. The Hall–Kier alpha value is -4.90. The van der Waals surface area contributed by atoms with Gasteiger partial charge in [0.2, 0.25) is 5.91 Å². The summed E-state index contributed by atoms with van der Waals surface area (Å²) in [5.74, 6) is 1.68. The lowest BCUT2D eigenvalue weighted by molar-refractivity contribution is -0.123. The van der Waals surface area contributed by atoms with Crippen LogP contribution in [0.3, 0.4) is 0 Å². The van der Waals surface area contributed by atoms with Gasteiger partial charge in [0, 0.05) is 87.0 Å². The van der Waals surface area contributed by atoms with Gasteiger partial charge in [-0.15, -0.1) is 0 Å². The number of hydrogen-bond acceptors (Lipinski definition) is 8. The number of likely N-dealkylation sites (tertiary alicyclic amines) is 1. The summed E-state index contributed by atoms with van der Waals surface area (Å²) in [7, 11) is 5.14. The fraction of sp³-hybridized carbons (Fsp3) is 0.421. The second-order valence-electron chi connectivity index (χ2n) is 14.1. The number of ether oxygens (including phenoxy) is 2. The van der Waals surface area contributed by atoms with E-state index in [9.17, 15) is 14.4 Å². The summed E-state index contributed by atoms with van der Waals surface area (Å²) in [5, 5.41) is 4.33. The van der Waals surface area contributed by atoms with E-state index in [1.807, 2.05) is 29.3 Å². The van der Waals surface area contributed by atoms with E-state index in [1.54, 1.807) is 38.2 Å². The largest absolute Gasteiger partial charge is 0.496 e. The average Bonchev–Trinajstić information content (AvgIpc) is 3.44. The highest BCUT2D eigenvalue weighted by Crippen LogP contribution is 2.45. The van der Waals surface area contributed by atoms with Crippen molar-refractivity contribution < 1.29 is 19.1 Å². The first kappa shape index (κ1) is 31.4. The molecule has 2 aromatic heterocycles. The number of anilines is 1. The van der Waals surface area contributed by atoms with Gasteiger partial charge >= 0.3 is 0 Å². The number of rotatable bonds is 7. The molecule has 0 bridgehead atoms. The van der Waals surface area contributed by atoms with Gasteiger partial charge < -0.3 is 29.2 Å². The van der Waals surface area contributed by atoms with Gasteiger partial charge in [0.1, 0.15) is 11.5 Å². The quantitative estimate of drug-likeness (QED) is 0.317. The van der Waals surface area contributed by atoms with Crippen molar-refractivity contribution in [2.75, 3.05) is 51.8 Å². The zero-order valence-corrected chi connectivity index (χ0v) is 28.3. The van der Waals surface area contributed by atoms with Crippen LogP contribution < -0.4 is 25.2 Å². The number of aromatic nitrogens is 2. The molecule has 4 aromatic rings. The minimum Gasteiger partial charge on any atom is -0.496 e. The van der Waals surface area contributed by atoms with E-state index in [2.05, 4.69) is 38.3 Å². The van der Waals surface area contributed by atoms with Crippen molar-refractivity contribution in [3.63, 3.8) is 0 Å². The van der Waals surface area contributed by atoms with E-state index in [0.29, 0.717) is 24.9 Å². The molecule has 2 amide bonds. The summed E-state index contributed by atoms with van der Waals surface area (Å²) in [5.41, 5.74) is 6.05. The third-order valence-corrected chi connectivity index (χ3v) is 11.2. The number of carbonyl (C=O) groups is 2. The lowest BCUT2D eigenvalue weighted by atomic mass is 9.71. The number of amides is 2. The summed E-state index contributed by atoms with van der Waals surface area (Å²) in [6.07, 6.45) is 8.60. The van der Waals surface area contributed by atoms with E-state index in [0.717, 1.165) is 102 Å². The molecule has 11 nitrogen and oxygen atoms in total. The molecule has 1 N–H and O–H groups in total. The highest BCUT2D eigenvalue weighted by atomic mass is 16.5. The van der Waals surface area contributed by atoms with E-state index in [-0.39, 0.29) is 28.8 Å². The summed E-state index contributed by atoms with van der Waals surface area (Å²) >= 11 is 0. The second kappa shape index (κ2) is 12.2. The van der Waals surface area contributed by atoms with Crippen LogP contribution in [0, 0.1) is 5.41 Å². The van der Waals surface area contributed by atoms with Gasteiger partial charge in [0.05, 0.1) is 31.2 Å². The monoisotopic (exact) mass is 662 g/mol. The average molecular weight is 663 g/mol. The first-order valence-electron chi connectivity index (χ1n) is 17.1. The summed E-state index contributed by atoms with van der Waals surface area (Å²) in [6, 6.07) is 12.4. The number of hydrogen-bond donors (Lipinski definition) is 1. The Morgan fingerprint density at radius 2 is 1.71 bits per heavy atom. The maximum atomic E-state index is 13.4. The first-order chi connectivity index (χ1) is 23.8. The van der Waals surface area contributed by atoms with Crippen LogP contribution in [0.5, 0.6) is 11.5 Å². The predicted octanol–water partition coefficient (Wildman–Crippen LogP) is 3.95. The molecule has 6 heterocycles. The predicted molar refractivity (Wildman–Crippen MR) is 187 cm³/mol. The maximum absolute atomic E-state index is 13.4. The van der Waals surface area contributed by atoms with Gasteiger partial charge in [0.15, 0.2) is 0 Å². The van der Waals surface area contributed by atoms with Gasteiger partial charge in [-0.25, -0.2) is 0 Å². The van der Waals surface area contributed by atoms with Crippen molar-refractivity contribution in [3.05, 3.63) is 82.0 Å². The Labute approximate surface area is 285 Å². The second-order valence-corrected chi connectivity index (χ2v) is 14.1. The fourth-order valence-electron chi connectivity index (χ4n) is 8.30. The Balaban J connectivity index is 0.930. The highest BCUT2D eigenvalue weighted by Gasteiger charge is 2.45. The number of pyridine rings is 2. The molecule has 1 atom stereocenters. The minimum absolute atomic E-state index is 0.0647. The van der Waals surface area contributed by atoms with Crippen LogP contribution in [0.2, 0.25) is 0 Å². The molecule has 8 rings (SSSR count). The number of benzene rings is 2. The van der Waals surface area contributed by atoms with Gasteiger partial charge in [-0.1, -0.05) is 6.07 Å². The Morgan fingerprint density at radius 3 is 2.41 bits per heavy atom. The van der Waals surface area contributed by atoms with Crippen LogP contribution in [-0.2, 0) is 24.9 Å². The van der Waals surface area contributed by atoms with Crippen molar-refractivity contribution in [2.24, 2.45) is 12.5 Å². The van der Waals surface area contributed by atoms with Gasteiger partial charge in [-0.3, -0.25) is 24.3 Å². The van der Waals surface area contributed by atoms with E-state index < -0.39 is 0 Å². The molecular weight excluding hydrogens is 620 g/mol. The molecule has 0 aliphatic carbocycles. The lowest BCUT2D eigenvalue weighted by Gasteiger charge is -2.55. The number of fused-ring (bicyclic) bond motifs is 2. The van der Waals surface area contributed by atoms with E-state index in [1.165, 1.54) is 0 Å². The maximum Gasteiger partial charge on any atom is 0.259 e. The number of methoxy groups -OCH3 is 2. The Morgan fingerprint density at radius 1 is 0.959 bits per heavy atom. The Kier molecular flexibility index (Phi) is 7.82. The molecule has 1 unspecified atom stereocenters. The molecule has 4 aliphatic rings. The molecule has 0 radical (unpaired) electrons. The van der Waals surface area contributed by atoms with E-state index in [4.69, 9.17) is 9.47 Å². The first-order valence-corrected chi connectivity index (χ1v) is 17.1.